The summed E-state index contributed by atoms with van der Waals surface area (Å²) in [6.45, 7) is -0.434. The summed E-state index contributed by atoms with van der Waals surface area (Å²) in [6.07, 6.45) is -1.49. The van der Waals surface area contributed by atoms with Crippen molar-refractivity contribution in [3.63, 3.8) is 0 Å². The van der Waals surface area contributed by atoms with Gasteiger partial charge in [-0.15, -0.1) is 10.1 Å². The van der Waals surface area contributed by atoms with Crippen LogP contribution in [0, 0.1) is 10.1 Å². The first kappa shape index (κ1) is 12.4. The van der Waals surface area contributed by atoms with E-state index in [9.17, 15) is 19.7 Å². The second-order valence-electron chi connectivity index (χ2n) is 2.61. The Morgan fingerprint density at radius 3 is 2.94 bits per heavy atom. The van der Waals surface area contributed by atoms with Crippen molar-refractivity contribution in [3.05, 3.63) is 27.6 Å². The Bertz CT molecular complexity index is 440. The maximum absolute atomic E-state index is 11.1. The van der Waals surface area contributed by atoms with Gasteiger partial charge in [0.05, 0.1) is 0 Å². The quantitative estimate of drug-likeness (QED) is 0.440. The molecule has 0 aliphatic carbocycles. The molecule has 1 aromatic heterocycles. The summed E-state index contributed by atoms with van der Waals surface area (Å²) in [7, 11) is 1.40. The second-order valence-corrected chi connectivity index (χ2v) is 2.61. The van der Waals surface area contributed by atoms with Crippen LogP contribution in [0.1, 0.15) is 16.2 Å². The lowest BCUT2D eigenvalue weighted by Gasteiger charge is -1.97. The third-order valence-electron chi connectivity index (χ3n) is 1.50. The molecule has 0 atom stereocenters. The molecule has 0 radical (unpaired) electrons. The van der Waals surface area contributed by atoms with E-state index in [1.54, 1.807) is 0 Å². The van der Waals surface area contributed by atoms with Crippen LogP contribution in [0.4, 0.5) is 4.79 Å². The van der Waals surface area contributed by atoms with Gasteiger partial charge in [0.25, 0.3) is 5.91 Å². The average Bonchev–Trinajstić information content (AvgIpc) is 2.73. The van der Waals surface area contributed by atoms with E-state index >= 15 is 0 Å². The van der Waals surface area contributed by atoms with E-state index in [0.717, 1.165) is 0 Å². The zero-order valence-corrected chi connectivity index (χ0v) is 8.54. The molecule has 92 valence electrons. The van der Waals surface area contributed by atoms with Crippen LogP contribution in [-0.4, -0.2) is 29.4 Å². The molecule has 1 rings (SSSR count). The maximum Gasteiger partial charge on any atom is 0.486 e. The highest BCUT2D eigenvalue weighted by atomic mass is 17.0. The van der Waals surface area contributed by atoms with Gasteiger partial charge in [0.15, 0.2) is 18.1 Å². The Morgan fingerprint density at radius 1 is 1.65 bits per heavy atom. The van der Waals surface area contributed by atoms with Crippen LogP contribution < -0.4 is 5.32 Å². The van der Waals surface area contributed by atoms with E-state index in [-0.39, 0.29) is 11.5 Å². The van der Waals surface area contributed by atoms with E-state index in [0.29, 0.717) is 0 Å². The van der Waals surface area contributed by atoms with Crippen LogP contribution in [-0.2, 0) is 16.2 Å². The molecule has 0 aliphatic rings. The summed E-state index contributed by atoms with van der Waals surface area (Å²) in [5, 5.41) is 14.1. The highest BCUT2D eigenvalue weighted by Gasteiger charge is 2.13. The summed E-state index contributed by atoms with van der Waals surface area (Å²) < 4.78 is 8.93. The van der Waals surface area contributed by atoms with E-state index in [2.05, 4.69) is 24.6 Å². The molecule has 1 amide bonds. The van der Waals surface area contributed by atoms with Crippen molar-refractivity contribution in [2.75, 3.05) is 7.05 Å². The van der Waals surface area contributed by atoms with Gasteiger partial charge in [-0.1, -0.05) is 5.16 Å². The molecule has 0 aliphatic heterocycles. The minimum absolute atomic E-state index is 0.00579. The highest BCUT2D eigenvalue weighted by Crippen LogP contribution is 2.05. The molecule has 1 N–H and O–H groups in total. The Kier molecular flexibility index (Phi) is 3.97. The number of aromatic nitrogens is 1. The number of ether oxygens (including phenoxy) is 1. The molecule has 0 saturated carbocycles. The second kappa shape index (κ2) is 5.44. The highest BCUT2D eigenvalue weighted by molar-refractivity contribution is 5.91. The monoisotopic (exact) mass is 245 g/mol. The van der Waals surface area contributed by atoms with Crippen molar-refractivity contribution in [2.45, 2.75) is 6.61 Å². The largest absolute Gasteiger partial charge is 0.486 e. The van der Waals surface area contributed by atoms with Crippen molar-refractivity contribution in [3.8, 4) is 0 Å². The van der Waals surface area contributed by atoms with Crippen molar-refractivity contribution in [1.29, 1.82) is 0 Å². The van der Waals surface area contributed by atoms with Crippen molar-refractivity contribution in [2.24, 2.45) is 0 Å². The molecule has 0 fully saturated rings. The van der Waals surface area contributed by atoms with Gasteiger partial charge in [0.1, 0.15) is 0 Å². The smallest absolute Gasteiger partial charge is 0.437 e. The molecule has 0 aromatic carbocycles. The molecule has 0 saturated heterocycles. The van der Waals surface area contributed by atoms with Gasteiger partial charge in [0.2, 0.25) is 0 Å². The lowest BCUT2D eigenvalue weighted by molar-refractivity contribution is -0.730. The molecular formula is C7H7N3O7. The number of hydrogen-bond acceptors (Lipinski definition) is 8. The van der Waals surface area contributed by atoms with Gasteiger partial charge >= 0.3 is 11.2 Å². The predicted octanol–water partition coefficient (Wildman–Crippen LogP) is -0.121. The molecule has 10 nitrogen and oxygen atoms in total. The van der Waals surface area contributed by atoms with Crippen LogP contribution >= 0.6 is 0 Å². The molecule has 1 aromatic rings. The van der Waals surface area contributed by atoms with Crippen molar-refractivity contribution >= 4 is 12.1 Å². The van der Waals surface area contributed by atoms with Crippen LogP contribution in [0.25, 0.3) is 0 Å². The lowest BCUT2D eigenvalue weighted by Crippen LogP contribution is -2.17. The van der Waals surface area contributed by atoms with Crippen LogP contribution in [0.5, 0.6) is 0 Å². The number of hydrogen-bond donors (Lipinski definition) is 1. The fraction of sp³-hybridized carbons (Fsp3) is 0.286. The summed E-state index contributed by atoms with van der Waals surface area (Å²) in [4.78, 5) is 34.9. The standard InChI is InChI=1S/C7H7N3O7/c1-8-6(11)5-2-4(16-9-5)3-15-7(12)17-10(13)14/h2H,3H2,1H3,(H,8,11). The Morgan fingerprint density at radius 2 is 2.35 bits per heavy atom. The topological polar surface area (TPSA) is 134 Å². The average molecular weight is 245 g/mol. The molecule has 10 heteroatoms. The van der Waals surface area contributed by atoms with Gasteiger partial charge in [0, 0.05) is 13.1 Å². The molecule has 0 unspecified atom stereocenters. The van der Waals surface area contributed by atoms with Crippen LogP contribution in [0.2, 0.25) is 0 Å². The molecule has 0 bridgehead atoms. The zero-order chi connectivity index (χ0) is 12.8. The third kappa shape index (κ3) is 3.77. The number of carbonyl (C=O) groups excluding carboxylic acids is 2. The van der Waals surface area contributed by atoms with E-state index < -0.39 is 23.8 Å². The number of carbonyl (C=O) groups is 2. The van der Waals surface area contributed by atoms with Gasteiger partial charge in [-0.25, -0.2) is 4.79 Å². The third-order valence-corrected chi connectivity index (χ3v) is 1.50. The Balaban J connectivity index is 2.47. The fourth-order valence-electron chi connectivity index (χ4n) is 0.833. The molecular weight excluding hydrogens is 238 g/mol. The first-order valence-electron chi connectivity index (χ1n) is 4.19. The summed E-state index contributed by atoms with van der Waals surface area (Å²) in [6, 6.07) is 1.22. The van der Waals surface area contributed by atoms with E-state index in [1.165, 1.54) is 13.1 Å². The summed E-state index contributed by atoms with van der Waals surface area (Å²) in [5.74, 6) is -0.434. The first-order valence-corrected chi connectivity index (χ1v) is 4.19. The normalized spacial score (nSPS) is 9.47. The van der Waals surface area contributed by atoms with Crippen LogP contribution in [0.15, 0.2) is 10.6 Å². The van der Waals surface area contributed by atoms with Crippen molar-refractivity contribution < 1.29 is 28.8 Å². The number of nitrogens with one attached hydrogen (secondary N) is 1. The maximum atomic E-state index is 11.1. The number of rotatable bonds is 4. The number of amides is 1. The zero-order valence-electron chi connectivity index (χ0n) is 8.54. The van der Waals surface area contributed by atoms with Gasteiger partial charge < -0.3 is 14.6 Å². The Labute approximate surface area is 93.6 Å². The van der Waals surface area contributed by atoms with Crippen LogP contribution in [0.3, 0.4) is 0 Å². The van der Waals surface area contributed by atoms with Gasteiger partial charge in [-0.2, -0.15) is 4.84 Å². The minimum Gasteiger partial charge on any atom is -0.437 e. The summed E-state index contributed by atoms with van der Waals surface area (Å²) in [5.41, 5.74) is -0.00579. The minimum atomic E-state index is -1.49. The van der Waals surface area contributed by atoms with Gasteiger partial charge in [-0.05, 0) is 0 Å². The fourth-order valence-corrected chi connectivity index (χ4v) is 0.833. The molecule has 0 spiro atoms. The first-order chi connectivity index (χ1) is 8.02. The molecule has 1 heterocycles. The lowest BCUT2D eigenvalue weighted by atomic mass is 10.3. The predicted molar refractivity (Wildman–Crippen MR) is 48.2 cm³/mol. The van der Waals surface area contributed by atoms with E-state index in [4.69, 9.17) is 0 Å². The van der Waals surface area contributed by atoms with E-state index in [1.807, 2.05) is 0 Å². The SMILES string of the molecule is CNC(=O)c1cc(COC(=O)O[N+](=O)[O-])on1. The van der Waals surface area contributed by atoms with Gasteiger partial charge in [-0.3, -0.25) is 4.79 Å². The Hall–Kier alpha value is -2.65. The number of nitrogens with zero attached hydrogens (tertiary/aromatic N) is 2. The summed E-state index contributed by atoms with van der Waals surface area (Å²) >= 11 is 0. The molecule has 17 heavy (non-hydrogen) atoms. The van der Waals surface area contributed by atoms with Crippen molar-refractivity contribution in [1.82, 2.24) is 10.5 Å².